The van der Waals surface area contributed by atoms with Crippen molar-refractivity contribution in [2.75, 3.05) is 25.3 Å². The van der Waals surface area contributed by atoms with E-state index >= 15 is 0 Å². The molecule has 7 heteroatoms. The third kappa shape index (κ3) is 2.68. The minimum absolute atomic E-state index is 0.450. The van der Waals surface area contributed by atoms with Crippen LogP contribution in [0.1, 0.15) is 5.82 Å². The summed E-state index contributed by atoms with van der Waals surface area (Å²) < 4.78 is 10.4. The van der Waals surface area contributed by atoms with Gasteiger partial charge in [0.1, 0.15) is 23.1 Å². The molecule has 0 fully saturated rings. The molecular formula is C12H15ClN4O2. The zero-order valence-electron chi connectivity index (χ0n) is 10.9. The molecule has 1 heterocycles. The van der Waals surface area contributed by atoms with Crippen LogP contribution in [0.5, 0.6) is 11.5 Å². The third-order valence-corrected chi connectivity index (χ3v) is 2.87. The second-order valence-corrected chi connectivity index (χ2v) is 4.30. The average molecular weight is 283 g/mol. The van der Waals surface area contributed by atoms with E-state index in [0.717, 1.165) is 5.82 Å². The summed E-state index contributed by atoms with van der Waals surface area (Å²) in [5.74, 6) is 2.82. The summed E-state index contributed by atoms with van der Waals surface area (Å²) in [6.45, 7) is 1.82. The fraction of sp³-hybridized carbons (Fsp3) is 0.250. The second kappa shape index (κ2) is 5.27. The van der Waals surface area contributed by atoms with Crippen LogP contribution in [0, 0.1) is 6.92 Å². The van der Waals surface area contributed by atoms with Gasteiger partial charge in [-0.2, -0.15) is 0 Å². The van der Waals surface area contributed by atoms with E-state index in [0.29, 0.717) is 33.8 Å². The molecule has 2 rings (SSSR count). The highest BCUT2D eigenvalue weighted by Gasteiger charge is 2.12. The number of benzene rings is 1. The Morgan fingerprint density at radius 2 is 1.95 bits per heavy atom. The highest BCUT2D eigenvalue weighted by Crippen LogP contribution is 2.37. The molecule has 19 heavy (non-hydrogen) atoms. The van der Waals surface area contributed by atoms with Gasteiger partial charge in [-0.25, -0.2) is 4.98 Å². The number of anilines is 3. The first kappa shape index (κ1) is 13.4. The van der Waals surface area contributed by atoms with Gasteiger partial charge in [0.15, 0.2) is 5.82 Å². The van der Waals surface area contributed by atoms with Crippen LogP contribution in [-0.4, -0.2) is 24.2 Å². The van der Waals surface area contributed by atoms with Crippen LogP contribution in [0.2, 0.25) is 5.02 Å². The van der Waals surface area contributed by atoms with E-state index in [1.807, 2.05) is 6.92 Å². The molecule has 6 nitrogen and oxygen atoms in total. The van der Waals surface area contributed by atoms with Crippen molar-refractivity contribution in [1.29, 1.82) is 0 Å². The van der Waals surface area contributed by atoms with Crippen molar-refractivity contribution < 1.29 is 9.47 Å². The Kier molecular flexibility index (Phi) is 3.71. The number of aromatic amines is 1. The van der Waals surface area contributed by atoms with Gasteiger partial charge in [0.2, 0.25) is 0 Å². The number of halogens is 1. The van der Waals surface area contributed by atoms with E-state index < -0.39 is 0 Å². The van der Waals surface area contributed by atoms with Gasteiger partial charge in [0, 0.05) is 6.07 Å². The number of ether oxygens (including phenoxy) is 2. The van der Waals surface area contributed by atoms with Crippen LogP contribution in [0.25, 0.3) is 0 Å². The van der Waals surface area contributed by atoms with E-state index in [-0.39, 0.29) is 0 Å². The van der Waals surface area contributed by atoms with E-state index in [4.69, 9.17) is 26.8 Å². The van der Waals surface area contributed by atoms with Crippen LogP contribution in [0.4, 0.5) is 17.3 Å². The van der Waals surface area contributed by atoms with Crippen LogP contribution in [0.15, 0.2) is 12.1 Å². The van der Waals surface area contributed by atoms with Crippen molar-refractivity contribution in [3.05, 3.63) is 23.0 Å². The van der Waals surface area contributed by atoms with Gasteiger partial charge in [0.25, 0.3) is 0 Å². The average Bonchev–Trinajstić information content (AvgIpc) is 2.68. The number of nitrogen functional groups attached to an aromatic ring is 1. The lowest BCUT2D eigenvalue weighted by atomic mass is 10.2. The van der Waals surface area contributed by atoms with Crippen molar-refractivity contribution in [3.63, 3.8) is 0 Å². The molecule has 0 radical (unpaired) electrons. The molecule has 4 N–H and O–H groups in total. The molecule has 102 valence electrons. The Morgan fingerprint density at radius 3 is 2.47 bits per heavy atom. The first-order valence-electron chi connectivity index (χ1n) is 5.55. The molecule has 0 aliphatic rings. The van der Waals surface area contributed by atoms with Crippen LogP contribution >= 0.6 is 11.6 Å². The van der Waals surface area contributed by atoms with E-state index in [2.05, 4.69) is 15.3 Å². The number of hydrogen-bond acceptors (Lipinski definition) is 5. The second-order valence-electron chi connectivity index (χ2n) is 3.90. The standard InChI is InChI=1S/C12H15ClN4O2/c1-6-15-11(14)12(16-6)17-8-4-7(13)9(18-2)5-10(8)19-3/h4-5,17H,14H2,1-3H3,(H,15,16). The summed E-state index contributed by atoms with van der Waals surface area (Å²) in [4.78, 5) is 7.14. The minimum atomic E-state index is 0.450. The SMILES string of the molecule is COc1cc(OC)c(Nc2nc(C)[nH]c2N)cc1Cl. The molecular weight excluding hydrogens is 268 g/mol. The Labute approximate surface area is 115 Å². The number of nitrogens with zero attached hydrogens (tertiary/aromatic N) is 1. The Morgan fingerprint density at radius 1 is 1.26 bits per heavy atom. The Bertz CT molecular complexity index is 598. The van der Waals surface area contributed by atoms with Crippen molar-refractivity contribution in [2.24, 2.45) is 0 Å². The smallest absolute Gasteiger partial charge is 0.173 e. The largest absolute Gasteiger partial charge is 0.495 e. The first-order valence-corrected chi connectivity index (χ1v) is 5.93. The zero-order chi connectivity index (χ0) is 14.0. The third-order valence-electron chi connectivity index (χ3n) is 2.58. The summed E-state index contributed by atoms with van der Waals surface area (Å²) in [7, 11) is 3.11. The fourth-order valence-electron chi connectivity index (χ4n) is 1.69. The van der Waals surface area contributed by atoms with Gasteiger partial charge in [0.05, 0.1) is 24.9 Å². The van der Waals surface area contributed by atoms with Crippen LogP contribution in [-0.2, 0) is 0 Å². The maximum atomic E-state index is 6.09. The predicted molar refractivity (Wildman–Crippen MR) is 75.6 cm³/mol. The maximum absolute atomic E-state index is 6.09. The van der Waals surface area contributed by atoms with Gasteiger partial charge in [-0.15, -0.1) is 0 Å². The van der Waals surface area contributed by atoms with E-state index in [9.17, 15) is 0 Å². The molecule has 0 saturated heterocycles. The number of nitrogens with one attached hydrogen (secondary N) is 2. The summed E-state index contributed by atoms with van der Waals surface area (Å²) in [5, 5.41) is 3.54. The van der Waals surface area contributed by atoms with Crippen LogP contribution < -0.4 is 20.5 Å². The topological polar surface area (TPSA) is 85.2 Å². The monoisotopic (exact) mass is 282 g/mol. The normalized spacial score (nSPS) is 10.3. The summed E-state index contributed by atoms with van der Waals surface area (Å²) in [6, 6.07) is 3.39. The number of imidazole rings is 1. The number of methoxy groups -OCH3 is 2. The zero-order valence-corrected chi connectivity index (χ0v) is 11.6. The lowest BCUT2D eigenvalue weighted by Gasteiger charge is -2.12. The molecule has 0 amide bonds. The molecule has 0 saturated carbocycles. The quantitative estimate of drug-likeness (QED) is 0.803. The lowest BCUT2D eigenvalue weighted by molar-refractivity contribution is 0.396. The predicted octanol–water partition coefficient (Wildman–Crippen LogP) is 2.71. The minimum Gasteiger partial charge on any atom is -0.495 e. The summed E-state index contributed by atoms with van der Waals surface area (Å²) >= 11 is 6.09. The maximum Gasteiger partial charge on any atom is 0.173 e. The molecule has 1 aromatic carbocycles. The van der Waals surface area contributed by atoms with Gasteiger partial charge < -0.3 is 25.5 Å². The highest BCUT2D eigenvalue weighted by atomic mass is 35.5. The van der Waals surface area contributed by atoms with E-state index in [1.165, 1.54) is 0 Å². The van der Waals surface area contributed by atoms with Crippen molar-refractivity contribution in [1.82, 2.24) is 9.97 Å². The molecule has 1 aromatic heterocycles. The van der Waals surface area contributed by atoms with Crippen molar-refractivity contribution >= 4 is 28.9 Å². The molecule has 0 unspecified atom stereocenters. The molecule has 0 atom stereocenters. The Balaban J connectivity index is 2.39. The van der Waals surface area contributed by atoms with Crippen LogP contribution in [0.3, 0.4) is 0 Å². The van der Waals surface area contributed by atoms with Gasteiger partial charge >= 0.3 is 0 Å². The highest BCUT2D eigenvalue weighted by molar-refractivity contribution is 6.32. The number of aromatic nitrogens is 2. The van der Waals surface area contributed by atoms with Crippen molar-refractivity contribution in [3.8, 4) is 11.5 Å². The molecule has 0 aliphatic heterocycles. The first-order chi connectivity index (χ1) is 9.05. The van der Waals surface area contributed by atoms with Gasteiger partial charge in [-0.1, -0.05) is 11.6 Å². The molecule has 0 bridgehead atoms. The molecule has 2 aromatic rings. The Hall–Kier alpha value is -2.08. The number of hydrogen-bond donors (Lipinski definition) is 3. The summed E-state index contributed by atoms with van der Waals surface area (Å²) in [6.07, 6.45) is 0. The van der Waals surface area contributed by atoms with Gasteiger partial charge in [-0.3, -0.25) is 0 Å². The number of rotatable bonds is 4. The molecule has 0 aliphatic carbocycles. The van der Waals surface area contributed by atoms with E-state index in [1.54, 1.807) is 26.4 Å². The number of aryl methyl sites for hydroxylation is 1. The summed E-state index contributed by atoms with van der Waals surface area (Å²) in [5.41, 5.74) is 6.45. The van der Waals surface area contributed by atoms with Crippen molar-refractivity contribution in [2.45, 2.75) is 6.92 Å². The van der Waals surface area contributed by atoms with Gasteiger partial charge in [-0.05, 0) is 13.0 Å². The fourth-order valence-corrected chi connectivity index (χ4v) is 1.93. The lowest BCUT2D eigenvalue weighted by Crippen LogP contribution is -1.99. The molecule has 0 spiro atoms. The number of H-pyrrole nitrogens is 1. The number of nitrogens with two attached hydrogens (primary N) is 1.